The Kier molecular flexibility index (Phi) is 142. The Balaban J connectivity index is 0. The van der Waals surface area contributed by atoms with Crippen LogP contribution in [0.25, 0.3) is 0 Å². The molecule has 0 amide bonds. The summed E-state index contributed by atoms with van der Waals surface area (Å²) in [5.41, 5.74) is 0. The molecule has 0 fully saturated rings. The van der Waals surface area contributed by atoms with Crippen molar-refractivity contribution in [2.45, 2.75) is 0 Å². The van der Waals surface area contributed by atoms with Crippen molar-refractivity contribution >= 4 is 50.3 Å². The van der Waals surface area contributed by atoms with E-state index in [1.807, 2.05) is 0 Å². The summed E-state index contributed by atoms with van der Waals surface area (Å²) in [5, 5.41) is 0. The molecule has 0 nitrogen and oxygen atoms in total. The molecule has 0 aliphatic carbocycles. The second-order valence-electron chi connectivity index (χ2n) is 0. The van der Waals surface area contributed by atoms with E-state index in [0.29, 0.717) is 0 Å². The van der Waals surface area contributed by atoms with Crippen LogP contribution in [0.1, 0.15) is 0 Å². The number of hydrogen-bond donors (Lipinski definition) is 0. The topological polar surface area (TPSA) is 0 Å². The van der Waals surface area contributed by atoms with Crippen molar-refractivity contribution in [1.29, 1.82) is 0 Å². The molecule has 0 N–H and O–H groups in total. The molecule has 4 heteroatoms. The van der Waals surface area contributed by atoms with Crippen LogP contribution in [-0.2, 0) is 22.4 Å². The van der Waals surface area contributed by atoms with Gasteiger partial charge in [-0.25, -0.2) is 0 Å². The molecule has 0 bridgehead atoms. The summed E-state index contributed by atoms with van der Waals surface area (Å²) < 4.78 is 0. The number of hydrogen-bond acceptors (Lipinski definition) is 0. The van der Waals surface area contributed by atoms with E-state index in [-0.39, 0.29) is 72.7 Å². The molecular weight excluding hydrogens is 190 g/mol. The van der Waals surface area contributed by atoms with Gasteiger partial charge in [0.2, 0.25) is 0 Å². The van der Waals surface area contributed by atoms with Gasteiger partial charge in [0, 0.05) is 22.4 Å². The van der Waals surface area contributed by atoms with Gasteiger partial charge in [0.25, 0.3) is 0 Å². The van der Waals surface area contributed by atoms with E-state index >= 15 is 0 Å². The maximum Gasteiger partial charge on any atom is 0.316 e. The fourth-order valence-corrected chi connectivity index (χ4v) is 0. The second-order valence-corrected chi connectivity index (χ2v) is 0. The van der Waals surface area contributed by atoms with Crippen molar-refractivity contribution in [1.82, 2.24) is 0 Å². The molecule has 29 valence electrons. The van der Waals surface area contributed by atoms with Crippen molar-refractivity contribution in [2.75, 3.05) is 0 Å². The van der Waals surface area contributed by atoms with Crippen molar-refractivity contribution in [3.05, 3.63) is 0 Å². The molecule has 1 atom stereocenters. The molecule has 0 saturated carbocycles. The molecule has 0 saturated heterocycles. The predicted molar refractivity (Wildman–Crippen MR) is 29.6 cm³/mol. The van der Waals surface area contributed by atoms with Gasteiger partial charge in [0.1, 0.15) is 0 Å². The van der Waals surface area contributed by atoms with Crippen LogP contribution in [0.15, 0.2) is 0 Å². The van der Waals surface area contributed by atoms with E-state index < -0.39 is 0 Å². The summed E-state index contributed by atoms with van der Waals surface area (Å²) in [4.78, 5) is 0. The van der Waals surface area contributed by atoms with Crippen molar-refractivity contribution in [3.63, 3.8) is 0 Å². The molecule has 0 aliphatic heterocycles. The summed E-state index contributed by atoms with van der Waals surface area (Å²) in [6.07, 6.45) is 0. The Hall–Kier alpha value is 2.47. The summed E-state index contributed by atoms with van der Waals surface area (Å²) >= 11 is 0. The fraction of sp³-hybridized carbons (Fsp3) is 0. The van der Waals surface area contributed by atoms with E-state index in [1.54, 1.807) is 0 Å². The smallest absolute Gasteiger partial charge is 0.153 e. The van der Waals surface area contributed by atoms with E-state index in [2.05, 4.69) is 0 Å². The maximum atomic E-state index is 0. The molecule has 0 heterocycles. The Morgan fingerprint density at radius 3 is 1.00 bits per heavy atom. The van der Waals surface area contributed by atoms with Crippen LogP contribution in [0.4, 0.5) is 0 Å². The standard InChI is InChI=1S/Ag.Al.Mg.H3P.5H/h;;;1H3;;;;;. The predicted octanol–water partition coefficient (Wildman–Crippen LogP) is -2.04. The van der Waals surface area contributed by atoms with Crippen molar-refractivity contribution < 1.29 is 22.4 Å². The number of rotatable bonds is 0. The van der Waals surface area contributed by atoms with Crippen LogP contribution in [0, 0.1) is 0 Å². The van der Waals surface area contributed by atoms with E-state index in [1.165, 1.54) is 0 Å². The van der Waals surface area contributed by atoms with E-state index in [9.17, 15) is 0 Å². The van der Waals surface area contributed by atoms with Gasteiger partial charge >= 0.3 is 23.1 Å². The molecule has 0 aromatic rings. The molecule has 1 unspecified atom stereocenters. The zero-order chi connectivity index (χ0) is 0. The quantitative estimate of drug-likeness (QED) is 0.311. The summed E-state index contributed by atoms with van der Waals surface area (Å²) in [6, 6.07) is 0. The van der Waals surface area contributed by atoms with Crippen LogP contribution in [0.2, 0.25) is 0 Å². The summed E-state index contributed by atoms with van der Waals surface area (Å²) in [6.45, 7) is 0. The average Bonchev–Trinajstić information content (AvgIpc) is 0. The third-order valence-corrected chi connectivity index (χ3v) is 0. The maximum absolute atomic E-state index is 0. The summed E-state index contributed by atoms with van der Waals surface area (Å²) in [7, 11) is 0. The molecule has 0 aromatic heterocycles. The van der Waals surface area contributed by atoms with Gasteiger partial charge in [-0.1, -0.05) is 0 Å². The van der Waals surface area contributed by atoms with Gasteiger partial charge in [-0.05, 0) is 0 Å². The fourth-order valence-electron chi connectivity index (χ4n) is 0. The minimum absolute atomic E-state index is 0. The molecule has 0 aromatic carbocycles. The Labute approximate surface area is 71.9 Å². The average molecular weight is 198 g/mol. The normalized spacial score (nSPS) is 0. The Bertz CT molecular complexity index is 8.00. The van der Waals surface area contributed by atoms with Crippen molar-refractivity contribution in [2.24, 2.45) is 0 Å². The first-order valence-corrected chi connectivity index (χ1v) is 0. The molecular formula is H8AgAlMgP. The molecule has 4 heavy (non-hydrogen) atoms. The van der Waals surface area contributed by atoms with Crippen LogP contribution >= 0.6 is 9.90 Å². The molecule has 0 aliphatic rings. The zero-order valence-corrected chi connectivity index (χ0v) is 3.91. The van der Waals surface area contributed by atoms with Gasteiger partial charge in [-0.2, -0.15) is 9.90 Å². The Morgan fingerprint density at radius 1 is 1.00 bits per heavy atom. The third-order valence-electron chi connectivity index (χ3n) is 0. The molecule has 0 spiro atoms. The summed E-state index contributed by atoms with van der Waals surface area (Å²) in [5.74, 6) is 0. The monoisotopic (exact) mass is 197 g/mol. The van der Waals surface area contributed by atoms with Gasteiger partial charge in [0.05, 0.1) is 0 Å². The van der Waals surface area contributed by atoms with Gasteiger partial charge in [-0.15, -0.1) is 0 Å². The van der Waals surface area contributed by atoms with Crippen LogP contribution in [0.5, 0.6) is 0 Å². The van der Waals surface area contributed by atoms with Gasteiger partial charge in [0.15, 0.2) is 17.4 Å². The Morgan fingerprint density at radius 2 is 1.00 bits per heavy atom. The first-order valence-electron chi connectivity index (χ1n) is 0. The molecule has 0 rings (SSSR count). The first-order chi connectivity index (χ1) is 0. The van der Waals surface area contributed by atoms with Crippen LogP contribution in [-0.4, -0.2) is 40.4 Å². The van der Waals surface area contributed by atoms with Crippen LogP contribution < -0.4 is 0 Å². The van der Waals surface area contributed by atoms with Crippen molar-refractivity contribution in [3.8, 4) is 0 Å². The first kappa shape index (κ1) is 31.7. The minimum Gasteiger partial charge on any atom is -0.153 e. The van der Waals surface area contributed by atoms with Gasteiger partial charge < -0.3 is 0 Å². The van der Waals surface area contributed by atoms with Gasteiger partial charge in [-0.3, -0.25) is 0 Å². The van der Waals surface area contributed by atoms with Crippen LogP contribution in [0.3, 0.4) is 0 Å². The third kappa shape index (κ3) is 8.82. The minimum atomic E-state index is 0. The second kappa shape index (κ2) is 17.9. The zero-order valence-electron chi connectivity index (χ0n) is 1.01. The van der Waals surface area contributed by atoms with E-state index in [0.717, 1.165) is 0 Å². The van der Waals surface area contributed by atoms with E-state index in [4.69, 9.17) is 0 Å². The molecule has 1 radical (unpaired) electrons. The SMILES string of the molecule is P.[Ag].[AlH3].[MgH2]. The largest absolute Gasteiger partial charge is 0.316 e.